The van der Waals surface area contributed by atoms with Crippen LogP contribution in [0, 0.1) is 12.7 Å². The van der Waals surface area contributed by atoms with Crippen molar-refractivity contribution < 1.29 is 22.4 Å². The molecule has 0 radical (unpaired) electrons. The Morgan fingerprint density at radius 1 is 0.844 bits per heavy atom. The van der Waals surface area contributed by atoms with Crippen LogP contribution in [0.25, 0.3) is 0 Å². The lowest BCUT2D eigenvalue weighted by molar-refractivity contribution is -0.140. The van der Waals surface area contributed by atoms with E-state index in [0.29, 0.717) is 0 Å². The first-order valence-electron chi connectivity index (χ1n) is 15.2. The van der Waals surface area contributed by atoms with Crippen LogP contribution in [0.3, 0.4) is 0 Å². The van der Waals surface area contributed by atoms with Crippen LogP contribution in [-0.2, 0) is 32.6 Å². The molecule has 4 aromatic carbocycles. The molecule has 1 unspecified atom stereocenters. The lowest BCUT2D eigenvalue weighted by atomic mass is 10.0. The number of carbonyl (C=O) groups is 2. The first-order chi connectivity index (χ1) is 21.7. The SMILES string of the molecule is Cc1cccc(CN(C(=O)CN(c2ccc(F)cc2)S(=O)(=O)c2ccccc2)C(Cc2ccccc2)C(=O)NC2CCCC2)c1. The Labute approximate surface area is 264 Å². The molecule has 2 amide bonds. The van der Waals surface area contributed by atoms with Crippen molar-refractivity contribution in [2.45, 2.75) is 62.6 Å². The summed E-state index contributed by atoms with van der Waals surface area (Å²) >= 11 is 0. The number of hydrogen-bond donors (Lipinski definition) is 1. The van der Waals surface area contributed by atoms with Crippen LogP contribution in [0.1, 0.15) is 42.4 Å². The number of halogens is 1. The van der Waals surface area contributed by atoms with Gasteiger partial charge in [0.15, 0.2) is 0 Å². The number of nitrogens with one attached hydrogen (secondary N) is 1. The first kappa shape index (κ1) is 31.9. The molecule has 234 valence electrons. The van der Waals surface area contributed by atoms with Crippen molar-refractivity contribution in [3.05, 3.63) is 132 Å². The second-order valence-corrected chi connectivity index (χ2v) is 13.4. The summed E-state index contributed by atoms with van der Waals surface area (Å²) in [5, 5.41) is 3.17. The second kappa shape index (κ2) is 14.5. The molecule has 45 heavy (non-hydrogen) atoms. The predicted octanol–water partition coefficient (Wildman–Crippen LogP) is 6.03. The van der Waals surface area contributed by atoms with Crippen LogP contribution in [0.2, 0.25) is 0 Å². The monoisotopic (exact) mass is 627 g/mol. The van der Waals surface area contributed by atoms with Crippen molar-refractivity contribution in [3.8, 4) is 0 Å². The molecule has 0 aromatic heterocycles. The molecule has 0 aliphatic heterocycles. The van der Waals surface area contributed by atoms with Crippen LogP contribution in [0.5, 0.6) is 0 Å². The van der Waals surface area contributed by atoms with E-state index < -0.39 is 34.3 Å². The minimum Gasteiger partial charge on any atom is -0.352 e. The highest BCUT2D eigenvalue weighted by Crippen LogP contribution is 2.26. The van der Waals surface area contributed by atoms with Gasteiger partial charge in [0.25, 0.3) is 10.0 Å². The van der Waals surface area contributed by atoms with E-state index in [9.17, 15) is 22.4 Å². The van der Waals surface area contributed by atoms with E-state index >= 15 is 0 Å². The Hall–Kier alpha value is -4.50. The Bertz CT molecular complexity index is 1690. The Morgan fingerprint density at radius 3 is 2.11 bits per heavy atom. The summed E-state index contributed by atoms with van der Waals surface area (Å²) < 4.78 is 42.9. The highest BCUT2D eigenvalue weighted by Gasteiger charge is 2.35. The van der Waals surface area contributed by atoms with E-state index in [4.69, 9.17) is 0 Å². The average Bonchev–Trinajstić information content (AvgIpc) is 3.56. The smallest absolute Gasteiger partial charge is 0.264 e. The minimum atomic E-state index is -4.24. The van der Waals surface area contributed by atoms with Crippen LogP contribution in [0.15, 0.2) is 114 Å². The van der Waals surface area contributed by atoms with Gasteiger partial charge in [0.1, 0.15) is 18.4 Å². The first-order valence-corrected chi connectivity index (χ1v) is 16.7. The molecule has 1 atom stereocenters. The normalized spacial score (nSPS) is 14.1. The average molecular weight is 628 g/mol. The maximum Gasteiger partial charge on any atom is 0.264 e. The van der Waals surface area contributed by atoms with E-state index in [0.717, 1.165) is 58.8 Å². The minimum absolute atomic E-state index is 0.00725. The van der Waals surface area contributed by atoms with Crippen molar-refractivity contribution in [1.29, 1.82) is 0 Å². The summed E-state index contributed by atoms with van der Waals surface area (Å²) in [5.74, 6) is -1.36. The van der Waals surface area contributed by atoms with Gasteiger partial charge in [-0.05, 0) is 67.3 Å². The van der Waals surface area contributed by atoms with E-state index in [2.05, 4.69) is 5.32 Å². The number of sulfonamides is 1. The molecule has 1 fully saturated rings. The van der Waals surface area contributed by atoms with Crippen LogP contribution in [0.4, 0.5) is 10.1 Å². The Morgan fingerprint density at radius 2 is 1.47 bits per heavy atom. The molecule has 4 aromatic rings. The molecule has 0 heterocycles. The molecule has 5 rings (SSSR count). The molecule has 7 nitrogen and oxygen atoms in total. The molecule has 1 N–H and O–H groups in total. The number of amides is 2. The molecule has 0 saturated heterocycles. The zero-order valence-electron chi connectivity index (χ0n) is 25.3. The quantitative estimate of drug-likeness (QED) is 0.208. The highest BCUT2D eigenvalue weighted by atomic mass is 32.2. The zero-order valence-corrected chi connectivity index (χ0v) is 26.1. The third-order valence-electron chi connectivity index (χ3n) is 8.13. The molecule has 0 bridgehead atoms. The molecule has 1 aliphatic rings. The molecule has 0 spiro atoms. The standard InChI is InChI=1S/C36H38FN3O4S/c1-27-11-10-14-29(23-27)25-39(34(24-28-12-4-2-5-13-28)36(42)38-31-15-8-9-16-31)35(41)26-40(32-21-19-30(37)20-22-32)45(43,44)33-17-6-3-7-18-33/h2-7,10-14,17-23,31,34H,8-9,15-16,24-26H2,1H3,(H,38,42). The molecule has 1 saturated carbocycles. The highest BCUT2D eigenvalue weighted by molar-refractivity contribution is 7.92. The van der Waals surface area contributed by atoms with Crippen molar-refractivity contribution in [2.75, 3.05) is 10.8 Å². The van der Waals surface area contributed by atoms with Gasteiger partial charge in [0.2, 0.25) is 11.8 Å². The van der Waals surface area contributed by atoms with E-state index in [-0.39, 0.29) is 35.5 Å². The second-order valence-electron chi connectivity index (χ2n) is 11.5. The summed E-state index contributed by atoms with van der Waals surface area (Å²) in [6.07, 6.45) is 4.07. The number of nitrogens with zero attached hydrogens (tertiary/aromatic N) is 2. The Balaban J connectivity index is 1.56. The fraction of sp³-hybridized carbons (Fsp3) is 0.278. The van der Waals surface area contributed by atoms with Gasteiger partial charge >= 0.3 is 0 Å². The fourth-order valence-corrected chi connectivity index (χ4v) is 7.22. The summed E-state index contributed by atoms with van der Waals surface area (Å²) in [5.41, 5.74) is 2.82. The van der Waals surface area contributed by atoms with Crippen molar-refractivity contribution in [2.24, 2.45) is 0 Å². The summed E-state index contributed by atoms with van der Waals surface area (Å²) in [7, 11) is -4.24. The maximum absolute atomic E-state index is 14.5. The van der Waals surface area contributed by atoms with Gasteiger partial charge in [0.05, 0.1) is 10.6 Å². The number of benzene rings is 4. The number of hydrogen-bond acceptors (Lipinski definition) is 4. The summed E-state index contributed by atoms with van der Waals surface area (Å²) in [4.78, 5) is 30.0. The van der Waals surface area contributed by atoms with Gasteiger partial charge in [-0.25, -0.2) is 12.8 Å². The maximum atomic E-state index is 14.5. The van der Waals surface area contributed by atoms with Gasteiger partial charge in [-0.3, -0.25) is 13.9 Å². The van der Waals surface area contributed by atoms with Crippen molar-refractivity contribution in [1.82, 2.24) is 10.2 Å². The van der Waals surface area contributed by atoms with E-state index in [1.807, 2.05) is 61.5 Å². The summed E-state index contributed by atoms with van der Waals surface area (Å²) in [6, 6.07) is 29.1. The van der Waals surface area contributed by atoms with Gasteiger partial charge in [-0.2, -0.15) is 0 Å². The zero-order chi connectivity index (χ0) is 31.8. The predicted molar refractivity (Wildman–Crippen MR) is 173 cm³/mol. The van der Waals surface area contributed by atoms with Gasteiger partial charge in [0, 0.05) is 19.0 Å². The third-order valence-corrected chi connectivity index (χ3v) is 9.92. The van der Waals surface area contributed by atoms with Gasteiger partial charge < -0.3 is 10.2 Å². The van der Waals surface area contributed by atoms with E-state index in [1.54, 1.807) is 18.2 Å². The molecule has 9 heteroatoms. The number of rotatable bonds is 12. The van der Waals surface area contributed by atoms with Gasteiger partial charge in [-0.1, -0.05) is 91.2 Å². The van der Waals surface area contributed by atoms with Crippen LogP contribution >= 0.6 is 0 Å². The topological polar surface area (TPSA) is 86.8 Å². The van der Waals surface area contributed by atoms with E-state index in [1.165, 1.54) is 29.2 Å². The van der Waals surface area contributed by atoms with Crippen molar-refractivity contribution >= 4 is 27.5 Å². The van der Waals surface area contributed by atoms with Crippen molar-refractivity contribution in [3.63, 3.8) is 0 Å². The van der Waals surface area contributed by atoms with Gasteiger partial charge in [-0.15, -0.1) is 0 Å². The fourth-order valence-electron chi connectivity index (χ4n) is 5.78. The number of aryl methyl sites for hydroxylation is 1. The van der Waals surface area contributed by atoms with Crippen LogP contribution in [-0.4, -0.2) is 43.8 Å². The number of carbonyl (C=O) groups excluding carboxylic acids is 2. The largest absolute Gasteiger partial charge is 0.352 e. The molecule has 1 aliphatic carbocycles. The lowest BCUT2D eigenvalue weighted by Crippen LogP contribution is -2.54. The third kappa shape index (κ3) is 8.16. The number of anilines is 1. The summed E-state index contributed by atoms with van der Waals surface area (Å²) in [6.45, 7) is 1.46. The van der Waals surface area contributed by atoms with Crippen LogP contribution < -0.4 is 9.62 Å². The Kier molecular flexibility index (Phi) is 10.3. The molecular formula is C36H38FN3O4S. The lowest BCUT2D eigenvalue weighted by Gasteiger charge is -2.34. The molecular weight excluding hydrogens is 589 g/mol.